The fourth-order valence-corrected chi connectivity index (χ4v) is 1.64. The van der Waals surface area contributed by atoms with Crippen LogP contribution in [0.15, 0.2) is 12.1 Å². The van der Waals surface area contributed by atoms with Gasteiger partial charge in [0.15, 0.2) is 0 Å². The van der Waals surface area contributed by atoms with E-state index in [0.717, 1.165) is 5.56 Å². The lowest BCUT2D eigenvalue weighted by Crippen LogP contribution is -2.21. The van der Waals surface area contributed by atoms with E-state index in [1.54, 1.807) is 6.07 Å². The maximum absolute atomic E-state index is 13.7. The minimum absolute atomic E-state index is 0.0589. The number of halogens is 1. The van der Waals surface area contributed by atoms with Crippen LogP contribution in [0.2, 0.25) is 0 Å². The highest BCUT2D eigenvalue weighted by atomic mass is 19.1. The third kappa shape index (κ3) is 1.91. The molecule has 0 saturated heterocycles. The quantitative estimate of drug-likeness (QED) is 0.709. The number of rotatable bonds is 0. The molecule has 0 atom stereocenters. The molecule has 0 radical (unpaired) electrons. The molecule has 1 aromatic rings. The molecule has 1 aliphatic rings. The topological polar surface area (TPSA) is 21.3 Å². The molecule has 1 aromatic carbocycles. The summed E-state index contributed by atoms with van der Waals surface area (Å²) in [6.07, 6.45) is 0. The van der Waals surface area contributed by atoms with E-state index < -0.39 is 0 Å². The molecule has 0 fully saturated rings. The molecule has 0 spiro atoms. The Bertz CT molecular complexity index is 382. The number of ether oxygens (including phenoxy) is 1. The standard InChI is InChI=1S/C12H16FNO/c1-12(2,3)8-6-9(13)11-10(7-8)15-5-4-14-11/h6-7,14H,4-5H2,1-3H3. The summed E-state index contributed by atoms with van der Waals surface area (Å²) in [7, 11) is 0. The molecule has 1 aliphatic heterocycles. The Labute approximate surface area is 89.4 Å². The van der Waals surface area contributed by atoms with E-state index >= 15 is 0 Å². The van der Waals surface area contributed by atoms with Gasteiger partial charge in [0.2, 0.25) is 0 Å². The van der Waals surface area contributed by atoms with Gasteiger partial charge >= 0.3 is 0 Å². The fourth-order valence-electron chi connectivity index (χ4n) is 1.64. The summed E-state index contributed by atoms with van der Waals surface area (Å²) >= 11 is 0. The van der Waals surface area contributed by atoms with E-state index in [1.807, 2.05) is 6.07 Å². The first-order chi connectivity index (χ1) is 6.98. The van der Waals surface area contributed by atoms with E-state index in [9.17, 15) is 4.39 Å². The Kier molecular flexibility index (Phi) is 2.33. The molecule has 0 amide bonds. The van der Waals surface area contributed by atoms with Crippen molar-refractivity contribution in [3.05, 3.63) is 23.5 Å². The van der Waals surface area contributed by atoms with Crippen molar-refractivity contribution < 1.29 is 9.13 Å². The van der Waals surface area contributed by atoms with E-state index in [1.165, 1.54) is 0 Å². The molecular formula is C12H16FNO. The van der Waals surface area contributed by atoms with Crippen molar-refractivity contribution >= 4 is 5.69 Å². The van der Waals surface area contributed by atoms with E-state index in [-0.39, 0.29) is 11.2 Å². The maximum atomic E-state index is 13.7. The Balaban J connectivity index is 2.50. The van der Waals surface area contributed by atoms with E-state index in [2.05, 4.69) is 26.1 Å². The number of nitrogens with one attached hydrogen (secondary N) is 1. The van der Waals surface area contributed by atoms with Crippen molar-refractivity contribution in [1.82, 2.24) is 0 Å². The minimum Gasteiger partial charge on any atom is -0.489 e. The number of hydrogen-bond donors (Lipinski definition) is 1. The molecule has 15 heavy (non-hydrogen) atoms. The summed E-state index contributed by atoms with van der Waals surface area (Å²) in [4.78, 5) is 0. The first kappa shape index (κ1) is 10.3. The van der Waals surface area contributed by atoms with Crippen LogP contribution in [-0.4, -0.2) is 13.2 Å². The van der Waals surface area contributed by atoms with Gasteiger partial charge < -0.3 is 10.1 Å². The summed E-state index contributed by atoms with van der Waals surface area (Å²) in [5.74, 6) is 0.406. The predicted molar refractivity (Wildman–Crippen MR) is 59.1 cm³/mol. The first-order valence-corrected chi connectivity index (χ1v) is 5.19. The molecule has 1 heterocycles. The number of benzene rings is 1. The Morgan fingerprint density at radius 1 is 1.33 bits per heavy atom. The van der Waals surface area contributed by atoms with E-state index in [4.69, 9.17) is 4.74 Å². The monoisotopic (exact) mass is 209 g/mol. The van der Waals surface area contributed by atoms with Crippen LogP contribution >= 0.6 is 0 Å². The predicted octanol–water partition coefficient (Wildman–Crippen LogP) is 2.93. The maximum Gasteiger partial charge on any atom is 0.150 e. The molecule has 1 N–H and O–H groups in total. The van der Waals surface area contributed by atoms with Gasteiger partial charge in [-0.2, -0.15) is 0 Å². The summed E-state index contributed by atoms with van der Waals surface area (Å²) in [5.41, 5.74) is 1.40. The van der Waals surface area contributed by atoms with Gasteiger partial charge in [0.05, 0.1) is 0 Å². The molecule has 0 aromatic heterocycles. The van der Waals surface area contributed by atoms with Gasteiger partial charge in [-0.15, -0.1) is 0 Å². The largest absolute Gasteiger partial charge is 0.489 e. The lowest BCUT2D eigenvalue weighted by atomic mass is 9.86. The molecule has 3 heteroatoms. The zero-order chi connectivity index (χ0) is 11.1. The van der Waals surface area contributed by atoms with Crippen molar-refractivity contribution in [2.24, 2.45) is 0 Å². The van der Waals surface area contributed by atoms with Crippen LogP contribution in [0.3, 0.4) is 0 Å². The van der Waals surface area contributed by atoms with Gasteiger partial charge in [-0.3, -0.25) is 0 Å². The van der Waals surface area contributed by atoms with Crippen LogP contribution in [0.25, 0.3) is 0 Å². The number of fused-ring (bicyclic) bond motifs is 1. The highest BCUT2D eigenvalue weighted by molar-refractivity contribution is 5.60. The first-order valence-electron chi connectivity index (χ1n) is 5.19. The molecule has 82 valence electrons. The Morgan fingerprint density at radius 3 is 2.73 bits per heavy atom. The third-order valence-electron chi connectivity index (χ3n) is 2.58. The average molecular weight is 209 g/mol. The van der Waals surface area contributed by atoms with Crippen molar-refractivity contribution in [1.29, 1.82) is 0 Å². The SMILES string of the molecule is CC(C)(C)c1cc(F)c2c(c1)OCCN2. The van der Waals surface area contributed by atoms with Gasteiger partial charge in [-0.1, -0.05) is 20.8 Å². The molecule has 0 saturated carbocycles. The highest BCUT2D eigenvalue weighted by Crippen LogP contribution is 2.35. The molecule has 2 nitrogen and oxygen atoms in total. The number of anilines is 1. The summed E-state index contributed by atoms with van der Waals surface area (Å²) < 4.78 is 19.2. The van der Waals surface area contributed by atoms with Crippen LogP contribution in [0.5, 0.6) is 5.75 Å². The second kappa shape index (κ2) is 3.40. The Hall–Kier alpha value is -1.25. The van der Waals surface area contributed by atoms with Gasteiger partial charge in [0, 0.05) is 6.54 Å². The van der Waals surface area contributed by atoms with Crippen molar-refractivity contribution in [3.8, 4) is 5.75 Å². The van der Waals surface area contributed by atoms with Gasteiger partial charge in [-0.25, -0.2) is 4.39 Å². The fraction of sp³-hybridized carbons (Fsp3) is 0.500. The summed E-state index contributed by atoms with van der Waals surface area (Å²) in [5, 5.41) is 3.01. The molecular weight excluding hydrogens is 193 g/mol. The second-order valence-electron chi connectivity index (χ2n) is 4.86. The van der Waals surface area contributed by atoms with Gasteiger partial charge in [0.25, 0.3) is 0 Å². The Morgan fingerprint density at radius 2 is 2.07 bits per heavy atom. The summed E-state index contributed by atoms with van der Waals surface area (Å²) in [6, 6.07) is 3.51. The lowest BCUT2D eigenvalue weighted by Gasteiger charge is -2.24. The normalized spacial score (nSPS) is 15.2. The van der Waals surface area contributed by atoms with Crippen LogP contribution in [0.1, 0.15) is 26.3 Å². The summed E-state index contributed by atoms with van der Waals surface area (Å²) in [6.45, 7) is 7.44. The average Bonchev–Trinajstić information content (AvgIpc) is 2.16. The van der Waals surface area contributed by atoms with Crippen LogP contribution < -0.4 is 10.1 Å². The van der Waals surface area contributed by atoms with Crippen molar-refractivity contribution in [3.63, 3.8) is 0 Å². The van der Waals surface area contributed by atoms with Crippen molar-refractivity contribution in [2.75, 3.05) is 18.5 Å². The molecule has 0 aliphatic carbocycles. The molecule has 0 unspecified atom stereocenters. The van der Waals surface area contributed by atoms with Crippen LogP contribution in [-0.2, 0) is 5.41 Å². The smallest absolute Gasteiger partial charge is 0.150 e. The van der Waals surface area contributed by atoms with E-state index in [0.29, 0.717) is 24.6 Å². The highest BCUT2D eigenvalue weighted by Gasteiger charge is 2.21. The van der Waals surface area contributed by atoms with Gasteiger partial charge in [0.1, 0.15) is 23.9 Å². The zero-order valence-electron chi connectivity index (χ0n) is 9.36. The van der Waals surface area contributed by atoms with Crippen LogP contribution in [0, 0.1) is 5.82 Å². The molecule has 0 bridgehead atoms. The minimum atomic E-state index is -0.225. The third-order valence-corrected chi connectivity index (χ3v) is 2.58. The second-order valence-corrected chi connectivity index (χ2v) is 4.86. The lowest BCUT2D eigenvalue weighted by molar-refractivity contribution is 0.319. The molecule has 2 rings (SSSR count). The van der Waals surface area contributed by atoms with Gasteiger partial charge in [-0.05, 0) is 23.1 Å². The number of hydrogen-bond acceptors (Lipinski definition) is 2. The van der Waals surface area contributed by atoms with Crippen LogP contribution in [0.4, 0.5) is 10.1 Å². The zero-order valence-corrected chi connectivity index (χ0v) is 9.36. The van der Waals surface area contributed by atoms with Crippen molar-refractivity contribution in [2.45, 2.75) is 26.2 Å².